The molecule has 0 aliphatic heterocycles. The standard InChI is InChI=1S/C6H14N2O5/c7-2(1-9)4(10)5(11)3(8)6(12)13/h2-5,9-11H,1,7-8H2,(H,12,13)/t2-,3+,4-,5-/m1/s1. The lowest BCUT2D eigenvalue weighted by Gasteiger charge is -2.24. The van der Waals surface area contributed by atoms with Gasteiger partial charge in [0.15, 0.2) is 0 Å². The van der Waals surface area contributed by atoms with Crippen molar-refractivity contribution < 1.29 is 25.2 Å². The van der Waals surface area contributed by atoms with Gasteiger partial charge in [-0.3, -0.25) is 4.79 Å². The molecule has 0 rings (SSSR count). The van der Waals surface area contributed by atoms with Gasteiger partial charge in [-0.25, -0.2) is 0 Å². The van der Waals surface area contributed by atoms with Crippen LogP contribution >= 0.6 is 0 Å². The number of hydrogen-bond donors (Lipinski definition) is 6. The summed E-state index contributed by atoms with van der Waals surface area (Å²) < 4.78 is 0. The molecule has 0 unspecified atom stereocenters. The van der Waals surface area contributed by atoms with E-state index in [9.17, 15) is 4.79 Å². The van der Waals surface area contributed by atoms with Crippen LogP contribution in [0.25, 0.3) is 0 Å². The molecule has 4 atom stereocenters. The molecule has 0 bridgehead atoms. The number of nitrogens with two attached hydrogens (primary N) is 2. The first-order valence-electron chi connectivity index (χ1n) is 3.62. The number of hydrogen-bond acceptors (Lipinski definition) is 6. The Labute approximate surface area is 74.6 Å². The smallest absolute Gasteiger partial charge is 0.323 e. The maximum Gasteiger partial charge on any atom is 0.323 e. The fourth-order valence-corrected chi connectivity index (χ4v) is 0.720. The summed E-state index contributed by atoms with van der Waals surface area (Å²) in [5.41, 5.74) is 10.2. The molecule has 13 heavy (non-hydrogen) atoms. The van der Waals surface area contributed by atoms with Crippen molar-refractivity contribution >= 4 is 5.97 Å². The third-order valence-electron chi connectivity index (χ3n) is 1.65. The van der Waals surface area contributed by atoms with Crippen molar-refractivity contribution in [2.45, 2.75) is 24.3 Å². The quantitative estimate of drug-likeness (QED) is 0.265. The van der Waals surface area contributed by atoms with Gasteiger partial charge in [-0.05, 0) is 0 Å². The van der Waals surface area contributed by atoms with Crippen molar-refractivity contribution in [3.05, 3.63) is 0 Å². The molecule has 0 fully saturated rings. The van der Waals surface area contributed by atoms with Gasteiger partial charge >= 0.3 is 5.97 Å². The molecular weight excluding hydrogens is 180 g/mol. The number of rotatable bonds is 5. The van der Waals surface area contributed by atoms with Crippen LogP contribution < -0.4 is 11.5 Å². The molecule has 0 saturated heterocycles. The van der Waals surface area contributed by atoms with Crippen LogP contribution in [-0.4, -0.2) is 57.3 Å². The third kappa shape index (κ3) is 3.25. The van der Waals surface area contributed by atoms with E-state index in [1.807, 2.05) is 0 Å². The lowest BCUT2D eigenvalue weighted by molar-refractivity contribution is -0.144. The number of carbonyl (C=O) groups is 1. The van der Waals surface area contributed by atoms with Crippen LogP contribution in [0.3, 0.4) is 0 Å². The Morgan fingerprint density at radius 2 is 1.69 bits per heavy atom. The van der Waals surface area contributed by atoms with Crippen molar-refractivity contribution in [3.63, 3.8) is 0 Å². The molecule has 0 radical (unpaired) electrons. The van der Waals surface area contributed by atoms with Gasteiger partial charge in [0.05, 0.1) is 18.8 Å². The van der Waals surface area contributed by atoms with Crippen molar-refractivity contribution in [2.24, 2.45) is 11.5 Å². The predicted octanol–water partition coefficient (Wildman–Crippen LogP) is -3.56. The molecule has 0 aliphatic rings. The Morgan fingerprint density at radius 1 is 1.23 bits per heavy atom. The van der Waals surface area contributed by atoms with Crippen LogP contribution in [0.15, 0.2) is 0 Å². The molecule has 8 N–H and O–H groups in total. The van der Waals surface area contributed by atoms with E-state index in [4.69, 9.17) is 31.9 Å². The minimum atomic E-state index is -1.69. The summed E-state index contributed by atoms with van der Waals surface area (Å²) in [4.78, 5) is 10.3. The number of aliphatic hydroxyl groups is 3. The Bertz CT molecular complexity index is 176. The van der Waals surface area contributed by atoms with Crippen LogP contribution in [0.1, 0.15) is 0 Å². The molecule has 0 aromatic carbocycles. The van der Waals surface area contributed by atoms with E-state index in [2.05, 4.69) is 0 Å². The van der Waals surface area contributed by atoms with Crippen LogP contribution in [-0.2, 0) is 4.79 Å². The zero-order valence-corrected chi connectivity index (χ0v) is 6.87. The third-order valence-corrected chi connectivity index (χ3v) is 1.65. The molecule has 7 heteroatoms. The summed E-state index contributed by atoms with van der Waals surface area (Å²) in [6.07, 6.45) is -3.25. The van der Waals surface area contributed by atoms with E-state index in [0.29, 0.717) is 0 Å². The van der Waals surface area contributed by atoms with Gasteiger partial charge in [-0.15, -0.1) is 0 Å². The van der Waals surface area contributed by atoms with Crippen LogP contribution in [0.4, 0.5) is 0 Å². The molecule has 0 aromatic heterocycles. The monoisotopic (exact) mass is 194 g/mol. The fraction of sp³-hybridized carbons (Fsp3) is 0.833. The highest BCUT2D eigenvalue weighted by Gasteiger charge is 2.31. The van der Waals surface area contributed by atoms with E-state index >= 15 is 0 Å². The Kier molecular flexibility index (Phi) is 4.81. The molecule has 0 saturated carbocycles. The molecule has 0 aliphatic carbocycles. The highest BCUT2D eigenvalue weighted by atomic mass is 16.4. The SMILES string of the molecule is N[C@H](CO)[C@@H](O)[C@H](O)[C@H](N)C(=O)O. The predicted molar refractivity (Wildman–Crippen MR) is 42.7 cm³/mol. The first kappa shape index (κ1) is 12.3. The zero-order valence-electron chi connectivity index (χ0n) is 6.87. The molecule has 0 spiro atoms. The van der Waals surface area contributed by atoms with Gasteiger partial charge in [0, 0.05) is 0 Å². The molecule has 0 amide bonds. The van der Waals surface area contributed by atoms with Gasteiger partial charge in [0.1, 0.15) is 12.1 Å². The second kappa shape index (κ2) is 5.10. The summed E-state index contributed by atoms with van der Waals surface area (Å²) in [5, 5.41) is 35.1. The van der Waals surface area contributed by atoms with E-state index in [1.54, 1.807) is 0 Å². The summed E-state index contributed by atoms with van der Waals surface area (Å²) in [5.74, 6) is -1.45. The molecular formula is C6H14N2O5. The summed E-state index contributed by atoms with van der Waals surface area (Å²) >= 11 is 0. The van der Waals surface area contributed by atoms with Gasteiger partial charge in [-0.1, -0.05) is 0 Å². The number of aliphatic hydroxyl groups excluding tert-OH is 3. The lowest BCUT2D eigenvalue weighted by Crippen LogP contribution is -2.55. The topological polar surface area (TPSA) is 150 Å². The van der Waals surface area contributed by atoms with Crippen LogP contribution in [0, 0.1) is 0 Å². The van der Waals surface area contributed by atoms with Crippen LogP contribution in [0.2, 0.25) is 0 Å². The lowest BCUT2D eigenvalue weighted by atomic mass is 10.0. The van der Waals surface area contributed by atoms with Crippen molar-refractivity contribution in [3.8, 4) is 0 Å². The van der Waals surface area contributed by atoms with Crippen molar-refractivity contribution in [1.82, 2.24) is 0 Å². The average Bonchev–Trinajstić information content (AvgIpc) is 2.12. The summed E-state index contributed by atoms with van der Waals surface area (Å²) in [6.45, 7) is -0.565. The fourth-order valence-electron chi connectivity index (χ4n) is 0.720. The zero-order chi connectivity index (χ0) is 10.6. The van der Waals surface area contributed by atoms with E-state index in [0.717, 1.165) is 0 Å². The minimum Gasteiger partial charge on any atom is -0.480 e. The average molecular weight is 194 g/mol. The largest absolute Gasteiger partial charge is 0.480 e. The summed E-state index contributed by atoms with van der Waals surface area (Å²) in [6, 6.07) is -2.73. The Morgan fingerprint density at radius 3 is 2.00 bits per heavy atom. The Hall–Kier alpha value is -0.730. The maximum atomic E-state index is 10.3. The summed E-state index contributed by atoms with van der Waals surface area (Å²) in [7, 11) is 0. The van der Waals surface area contributed by atoms with E-state index in [1.165, 1.54) is 0 Å². The van der Waals surface area contributed by atoms with E-state index < -0.39 is 36.9 Å². The normalized spacial score (nSPS) is 20.4. The second-order valence-corrected chi connectivity index (χ2v) is 2.69. The number of aliphatic carboxylic acids is 1. The molecule has 0 aromatic rings. The molecule has 0 heterocycles. The first-order chi connectivity index (χ1) is 5.91. The van der Waals surface area contributed by atoms with Crippen molar-refractivity contribution in [1.29, 1.82) is 0 Å². The number of carboxylic acids is 1. The number of carboxylic acid groups (broad SMARTS) is 1. The van der Waals surface area contributed by atoms with Gasteiger partial charge in [-0.2, -0.15) is 0 Å². The van der Waals surface area contributed by atoms with E-state index in [-0.39, 0.29) is 0 Å². The highest BCUT2D eigenvalue weighted by Crippen LogP contribution is 2.01. The molecule has 7 nitrogen and oxygen atoms in total. The van der Waals surface area contributed by atoms with Gasteiger partial charge in [0.25, 0.3) is 0 Å². The first-order valence-corrected chi connectivity index (χ1v) is 3.62. The van der Waals surface area contributed by atoms with Crippen LogP contribution in [0.5, 0.6) is 0 Å². The minimum absolute atomic E-state index is 0.565. The second-order valence-electron chi connectivity index (χ2n) is 2.69. The Balaban J connectivity index is 4.24. The maximum absolute atomic E-state index is 10.3. The highest BCUT2D eigenvalue weighted by molar-refractivity contribution is 5.74. The molecule has 78 valence electrons. The van der Waals surface area contributed by atoms with Crippen molar-refractivity contribution in [2.75, 3.05) is 6.61 Å². The van der Waals surface area contributed by atoms with Gasteiger partial charge < -0.3 is 31.9 Å². The van der Waals surface area contributed by atoms with Gasteiger partial charge in [0.2, 0.25) is 0 Å².